The first kappa shape index (κ1) is 11.6. The smallest absolute Gasteiger partial charge is 0.295 e. The van der Waals surface area contributed by atoms with Crippen molar-refractivity contribution in [2.75, 3.05) is 21.3 Å². The van der Waals surface area contributed by atoms with E-state index in [1.807, 2.05) is 0 Å². The minimum atomic E-state index is -3.36. The number of amides is 1. The van der Waals surface area contributed by atoms with E-state index in [1.54, 1.807) is 6.92 Å². The van der Waals surface area contributed by atoms with Crippen molar-refractivity contribution in [2.24, 2.45) is 0 Å². The zero-order chi connectivity index (χ0) is 9.78. The van der Waals surface area contributed by atoms with E-state index in [4.69, 9.17) is 0 Å². The third-order valence-corrected chi connectivity index (χ3v) is 3.37. The van der Waals surface area contributed by atoms with E-state index in [9.17, 15) is 9.36 Å². The quantitative estimate of drug-likeness (QED) is 0.633. The van der Waals surface area contributed by atoms with E-state index in [-0.39, 0.29) is 12.3 Å². The van der Waals surface area contributed by atoms with Gasteiger partial charge in [0.25, 0.3) is 0 Å². The van der Waals surface area contributed by atoms with Gasteiger partial charge in [-0.05, 0) is 0 Å². The van der Waals surface area contributed by atoms with E-state index in [0.717, 1.165) is 4.67 Å². The lowest BCUT2D eigenvalue weighted by Gasteiger charge is -2.23. The number of rotatable bonds is 4. The van der Waals surface area contributed by atoms with Crippen LogP contribution in [-0.2, 0) is 18.4 Å². The first-order valence-corrected chi connectivity index (χ1v) is 5.00. The zero-order valence-electron chi connectivity index (χ0n) is 7.73. The van der Waals surface area contributed by atoms with Crippen LogP contribution in [0.2, 0.25) is 0 Å². The summed E-state index contributed by atoms with van der Waals surface area (Å²) in [6.07, 6.45) is 0.271. The van der Waals surface area contributed by atoms with Crippen LogP contribution in [0.4, 0.5) is 0 Å². The van der Waals surface area contributed by atoms with Crippen LogP contribution in [0, 0.1) is 0 Å². The molecule has 72 valence electrons. The molecule has 0 bridgehead atoms. The minimum absolute atomic E-state index is 0.271. The highest BCUT2D eigenvalue weighted by molar-refractivity contribution is 7.52. The molecule has 0 aliphatic heterocycles. The first-order valence-electron chi connectivity index (χ1n) is 3.50. The van der Waals surface area contributed by atoms with Crippen molar-refractivity contribution in [2.45, 2.75) is 13.3 Å². The molecule has 0 atom stereocenters. The Morgan fingerprint density at radius 2 is 1.83 bits per heavy atom. The molecule has 0 spiro atoms. The minimum Gasteiger partial charge on any atom is -0.295 e. The third kappa shape index (κ3) is 2.30. The summed E-state index contributed by atoms with van der Waals surface area (Å²) in [5.41, 5.74) is 0. The van der Waals surface area contributed by atoms with E-state index in [2.05, 4.69) is 9.05 Å². The molecule has 0 saturated heterocycles. The molecule has 1 amide bonds. The highest BCUT2D eigenvalue weighted by Gasteiger charge is 2.30. The Morgan fingerprint density at radius 3 is 2.08 bits per heavy atom. The van der Waals surface area contributed by atoms with Gasteiger partial charge in [0.2, 0.25) is 5.91 Å². The SMILES string of the molecule is CCC(=O)N(C)P(=O)(OC)OC. The summed E-state index contributed by atoms with van der Waals surface area (Å²) in [7, 11) is 0.507. The summed E-state index contributed by atoms with van der Waals surface area (Å²) in [5, 5.41) is 0. The summed E-state index contributed by atoms with van der Waals surface area (Å²) in [6.45, 7) is 1.68. The van der Waals surface area contributed by atoms with E-state index < -0.39 is 7.75 Å². The molecule has 0 saturated carbocycles. The van der Waals surface area contributed by atoms with Crippen molar-refractivity contribution in [3.05, 3.63) is 0 Å². The predicted octanol–water partition coefficient (Wildman–Crippen LogP) is 1.26. The number of nitrogens with zero attached hydrogens (tertiary/aromatic N) is 1. The molecular weight excluding hydrogens is 181 g/mol. The fourth-order valence-corrected chi connectivity index (χ4v) is 1.74. The van der Waals surface area contributed by atoms with Gasteiger partial charge < -0.3 is 0 Å². The average molecular weight is 195 g/mol. The van der Waals surface area contributed by atoms with Crippen LogP contribution >= 0.6 is 7.75 Å². The molecule has 0 radical (unpaired) electrons. The molecule has 0 aromatic carbocycles. The van der Waals surface area contributed by atoms with Crippen LogP contribution in [0.3, 0.4) is 0 Å². The number of carbonyl (C=O) groups is 1. The first-order chi connectivity index (χ1) is 5.51. The number of hydrogen-bond acceptors (Lipinski definition) is 4. The monoisotopic (exact) mass is 195 g/mol. The Morgan fingerprint density at radius 1 is 1.42 bits per heavy atom. The molecule has 0 heterocycles. The Balaban J connectivity index is 4.53. The molecule has 0 aromatic rings. The number of hydrogen-bond donors (Lipinski definition) is 0. The standard InChI is InChI=1S/C6H14NO4P/c1-5-6(8)7(2)12(9,10-3)11-4/h5H2,1-4H3. The Hall–Kier alpha value is -0.380. The lowest BCUT2D eigenvalue weighted by Crippen LogP contribution is -2.24. The summed E-state index contributed by atoms with van der Waals surface area (Å²) in [4.78, 5) is 11.1. The maximum Gasteiger partial charge on any atom is 0.436 e. The van der Waals surface area contributed by atoms with Gasteiger partial charge in [0, 0.05) is 27.7 Å². The highest BCUT2D eigenvalue weighted by Crippen LogP contribution is 2.49. The van der Waals surface area contributed by atoms with Gasteiger partial charge in [-0.3, -0.25) is 18.5 Å². The van der Waals surface area contributed by atoms with Gasteiger partial charge in [0.1, 0.15) is 0 Å². The van der Waals surface area contributed by atoms with Crippen molar-refractivity contribution >= 4 is 13.7 Å². The summed E-state index contributed by atoms with van der Waals surface area (Å²) in [5.74, 6) is -0.276. The second kappa shape index (κ2) is 4.60. The molecule has 6 heteroatoms. The zero-order valence-corrected chi connectivity index (χ0v) is 8.63. The van der Waals surface area contributed by atoms with E-state index in [0.29, 0.717) is 0 Å². The molecule has 0 aromatic heterocycles. The second-order valence-corrected chi connectivity index (χ2v) is 4.37. The average Bonchev–Trinajstić information content (AvgIpc) is 2.14. The second-order valence-electron chi connectivity index (χ2n) is 2.10. The van der Waals surface area contributed by atoms with Gasteiger partial charge in [0.15, 0.2) is 0 Å². The fourth-order valence-electron chi connectivity index (χ4n) is 0.685. The van der Waals surface area contributed by atoms with Crippen LogP contribution < -0.4 is 0 Å². The van der Waals surface area contributed by atoms with Crippen molar-refractivity contribution in [3.8, 4) is 0 Å². The molecule has 0 rings (SSSR count). The topological polar surface area (TPSA) is 55.8 Å². The normalized spacial score (nSPS) is 11.3. The molecule has 0 aliphatic carbocycles. The van der Waals surface area contributed by atoms with Crippen molar-refractivity contribution in [3.63, 3.8) is 0 Å². The van der Waals surface area contributed by atoms with E-state index >= 15 is 0 Å². The van der Waals surface area contributed by atoms with Gasteiger partial charge in [-0.1, -0.05) is 6.92 Å². The van der Waals surface area contributed by atoms with Gasteiger partial charge >= 0.3 is 7.75 Å². The molecule has 0 fully saturated rings. The van der Waals surface area contributed by atoms with Gasteiger partial charge in [0.05, 0.1) is 0 Å². The summed E-state index contributed by atoms with van der Waals surface area (Å²) < 4.78 is 21.7. The van der Waals surface area contributed by atoms with Gasteiger partial charge in [-0.2, -0.15) is 0 Å². The van der Waals surface area contributed by atoms with Crippen LogP contribution in [0.15, 0.2) is 0 Å². The third-order valence-electron chi connectivity index (χ3n) is 1.49. The van der Waals surface area contributed by atoms with Crippen LogP contribution in [0.25, 0.3) is 0 Å². The molecule has 12 heavy (non-hydrogen) atoms. The van der Waals surface area contributed by atoms with Crippen molar-refractivity contribution in [1.82, 2.24) is 4.67 Å². The largest absolute Gasteiger partial charge is 0.436 e. The maximum atomic E-state index is 11.5. The predicted molar refractivity (Wildman–Crippen MR) is 44.7 cm³/mol. The Bertz CT molecular complexity index is 198. The molecular formula is C6H14NO4P. The molecule has 5 nitrogen and oxygen atoms in total. The molecule has 0 unspecified atom stereocenters. The Kier molecular flexibility index (Phi) is 4.45. The number of carbonyl (C=O) groups excluding carboxylic acids is 1. The van der Waals surface area contributed by atoms with Crippen LogP contribution in [0.1, 0.15) is 13.3 Å². The van der Waals surface area contributed by atoms with Crippen LogP contribution in [0.5, 0.6) is 0 Å². The van der Waals surface area contributed by atoms with Gasteiger partial charge in [-0.15, -0.1) is 0 Å². The van der Waals surface area contributed by atoms with Gasteiger partial charge in [-0.25, -0.2) is 4.57 Å². The summed E-state index contributed by atoms with van der Waals surface area (Å²) >= 11 is 0. The molecule has 0 N–H and O–H groups in total. The van der Waals surface area contributed by atoms with E-state index in [1.165, 1.54) is 21.3 Å². The van der Waals surface area contributed by atoms with Crippen molar-refractivity contribution < 1.29 is 18.4 Å². The maximum absolute atomic E-state index is 11.5. The lowest BCUT2D eigenvalue weighted by molar-refractivity contribution is -0.126. The van der Waals surface area contributed by atoms with Crippen LogP contribution in [-0.4, -0.2) is 31.8 Å². The fraction of sp³-hybridized carbons (Fsp3) is 0.833. The lowest BCUT2D eigenvalue weighted by atomic mass is 10.5. The highest BCUT2D eigenvalue weighted by atomic mass is 31.2. The van der Waals surface area contributed by atoms with Crippen molar-refractivity contribution in [1.29, 1.82) is 0 Å². The molecule has 0 aliphatic rings. The Labute approximate surface area is 72.2 Å². The summed E-state index contributed by atoms with van der Waals surface area (Å²) in [6, 6.07) is 0.